The summed E-state index contributed by atoms with van der Waals surface area (Å²) in [6, 6.07) is 7.98. The Morgan fingerprint density at radius 3 is 2.28 bits per heavy atom. The largest absolute Gasteiger partial charge is 0.325 e. The predicted octanol–water partition coefficient (Wildman–Crippen LogP) is 3.65. The van der Waals surface area contributed by atoms with Crippen LogP contribution >= 0.6 is 0 Å². The van der Waals surface area contributed by atoms with E-state index in [-0.39, 0.29) is 11.3 Å². The highest BCUT2D eigenvalue weighted by molar-refractivity contribution is 5.96. The van der Waals surface area contributed by atoms with Gasteiger partial charge in [-0.1, -0.05) is 51.0 Å². The van der Waals surface area contributed by atoms with Gasteiger partial charge in [-0.3, -0.25) is 4.79 Å². The number of Topliss-reactive ketones (excluding diaryl/α,β-unsaturated/α-hetero) is 1. The van der Waals surface area contributed by atoms with Crippen LogP contribution in [0.4, 0.5) is 0 Å². The molecule has 0 radical (unpaired) electrons. The summed E-state index contributed by atoms with van der Waals surface area (Å²) in [4.78, 5) is 12.2. The molecule has 1 aromatic carbocycles. The summed E-state index contributed by atoms with van der Waals surface area (Å²) in [5.74, 6) is 0.694. The van der Waals surface area contributed by atoms with E-state index in [0.717, 1.165) is 31.2 Å². The Morgan fingerprint density at radius 2 is 1.78 bits per heavy atom. The van der Waals surface area contributed by atoms with Crippen LogP contribution < -0.4 is 5.73 Å². The fourth-order valence-electron chi connectivity index (χ4n) is 2.73. The number of nitrogens with two attached hydrogens (primary N) is 1. The fourth-order valence-corrected chi connectivity index (χ4v) is 2.73. The van der Waals surface area contributed by atoms with Crippen molar-refractivity contribution in [2.75, 3.05) is 0 Å². The molecule has 0 unspecified atom stereocenters. The molecule has 18 heavy (non-hydrogen) atoms. The van der Waals surface area contributed by atoms with Gasteiger partial charge in [-0.25, -0.2) is 0 Å². The van der Waals surface area contributed by atoms with Crippen molar-refractivity contribution in [1.29, 1.82) is 0 Å². The second kappa shape index (κ2) is 5.23. The highest BCUT2D eigenvalue weighted by atomic mass is 16.1. The molecule has 0 amide bonds. The van der Waals surface area contributed by atoms with E-state index in [0.29, 0.717) is 12.3 Å². The molecule has 1 saturated carbocycles. The van der Waals surface area contributed by atoms with Crippen molar-refractivity contribution in [1.82, 2.24) is 0 Å². The quantitative estimate of drug-likeness (QED) is 0.823. The Balaban J connectivity index is 2.04. The lowest BCUT2D eigenvalue weighted by molar-refractivity contribution is 0.0952. The monoisotopic (exact) mass is 245 g/mol. The number of benzene rings is 1. The molecule has 1 fully saturated rings. The van der Waals surface area contributed by atoms with Crippen LogP contribution in [0.25, 0.3) is 0 Å². The zero-order chi connectivity index (χ0) is 13.2. The van der Waals surface area contributed by atoms with Crippen molar-refractivity contribution in [3.63, 3.8) is 0 Å². The standard InChI is InChI=1S/C16H23NO/c1-12(2)13-5-7-14(8-6-13)15(18)11-16(17)9-3-4-10-16/h5-8,12H,3-4,9-11,17H2,1-2H3. The molecule has 1 aromatic rings. The van der Waals surface area contributed by atoms with Gasteiger partial charge in [-0.15, -0.1) is 0 Å². The molecule has 2 N–H and O–H groups in total. The lowest BCUT2D eigenvalue weighted by Crippen LogP contribution is -2.38. The molecule has 0 atom stereocenters. The van der Waals surface area contributed by atoms with Crippen molar-refractivity contribution in [2.45, 2.75) is 57.4 Å². The molecule has 2 heteroatoms. The highest BCUT2D eigenvalue weighted by Crippen LogP contribution is 2.31. The molecular formula is C16H23NO. The maximum atomic E-state index is 12.2. The molecule has 0 bridgehead atoms. The lowest BCUT2D eigenvalue weighted by Gasteiger charge is -2.22. The van der Waals surface area contributed by atoms with Crippen molar-refractivity contribution in [3.8, 4) is 0 Å². The maximum Gasteiger partial charge on any atom is 0.164 e. The minimum Gasteiger partial charge on any atom is -0.325 e. The molecule has 2 nitrogen and oxygen atoms in total. The normalized spacial score (nSPS) is 18.2. The van der Waals surface area contributed by atoms with Gasteiger partial charge in [0.05, 0.1) is 0 Å². The van der Waals surface area contributed by atoms with Crippen molar-refractivity contribution in [3.05, 3.63) is 35.4 Å². The second-order valence-electron chi connectivity index (χ2n) is 5.95. The number of rotatable bonds is 4. The maximum absolute atomic E-state index is 12.2. The summed E-state index contributed by atoms with van der Waals surface area (Å²) in [5, 5.41) is 0. The van der Waals surface area contributed by atoms with Crippen LogP contribution in [0.3, 0.4) is 0 Å². The van der Waals surface area contributed by atoms with Crippen LogP contribution in [0.2, 0.25) is 0 Å². The minimum atomic E-state index is -0.242. The molecule has 0 heterocycles. The third-order valence-corrected chi connectivity index (χ3v) is 4.01. The first-order chi connectivity index (χ1) is 8.50. The molecule has 0 aromatic heterocycles. The Morgan fingerprint density at radius 1 is 1.22 bits per heavy atom. The van der Waals surface area contributed by atoms with Crippen LogP contribution in [0.5, 0.6) is 0 Å². The van der Waals surface area contributed by atoms with Crippen molar-refractivity contribution in [2.24, 2.45) is 5.73 Å². The molecule has 1 aliphatic carbocycles. The number of carbonyl (C=O) groups excluding carboxylic acids is 1. The number of ketones is 1. The molecular weight excluding hydrogens is 222 g/mol. The summed E-state index contributed by atoms with van der Waals surface area (Å²) in [6.07, 6.45) is 4.80. The number of hydrogen-bond acceptors (Lipinski definition) is 2. The van der Waals surface area contributed by atoms with Gasteiger partial charge in [-0.2, -0.15) is 0 Å². The first-order valence-electron chi connectivity index (χ1n) is 6.92. The Labute approximate surface area is 110 Å². The molecule has 0 spiro atoms. The zero-order valence-electron chi connectivity index (χ0n) is 11.4. The van der Waals surface area contributed by atoms with Crippen LogP contribution in [0.15, 0.2) is 24.3 Å². The third kappa shape index (κ3) is 2.99. The van der Waals surface area contributed by atoms with Gasteiger partial charge in [0, 0.05) is 17.5 Å². The summed E-state index contributed by atoms with van der Waals surface area (Å²) in [5.41, 5.74) is 8.09. The minimum absolute atomic E-state index is 0.190. The van der Waals surface area contributed by atoms with Crippen LogP contribution in [-0.4, -0.2) is 11.3 Å². The van der Waals surface area contributed by atoms with E-state index in [1.54, 1.807) is 0 Å². The number of carbonyl (C=O) groups is 1. The smallest absolute Gasteiger partial charge is 0.164 e. The van der Waals surface area contributed by atoms with E-state index in [4.69, 9.17) is 5.73 Å². The first kappa shape index (κ1) is 13.3. The van der Waals surface area contributed by atoms with Gasteiger partial charge in [0.15, 0.2) is 5.78 Å². The lowest BCUT2D eigenvalue weighted by atomic mass is 9.89. The van der Waals surface area contributed by atoms with Gasteiger partial charge >= 0.3 is 0 Å². The highest BCUT2D eigenvalue weighted by Gasteiger charge is 2.31. The molecule has 0 aliphatic heterocycles. The van der Waals surface area contributed by atoms with Gasteiger partial charge in [-0.05, 0) is 24.3 Å². The zero-order valence-corrected chi connectivity index (χ0v) is 11.4. The summed E-state index contributed by atoms with van der Waals surface area (Å²) in [7, 11) is 0. The summed E-state index contributed by atoms with van der Waals surface area (Å²) < 4.78 is 0. The molecule has 98 valence electrons. The SMILES string of the molecule is CC(C)c1ccc(C(=O)CC2(N)CCCC2)cc1. The van der Waals surface area contributed by atoms with Gasteiger partial charge in [0.25, 0.3) is 0 Å². The van der Waals surface area contributed by atoms with E-state index in [1.807, 2.05) is 12.1 Å². The Kier molecular flexibility index (Phi) is 3.86. The fraction of sp³-hybridized carbons (Fsp3) is 0.562. The van der Waals surface area contributed by atoms with Gasteiger partial charge in [0.1, 0.15) is 0 Å². The average molecular weight is 245 g/mol. The van der Waals surface area contributed by atoms with Crippen LogP contribution in [-0.2, 0) is 0 Å². The van der Waals surface area contributed by atoms with E-state index < -0.39 is 0 Å². The Hall–Kier alpha value is -1.15. The summed E-state index contributed by atoms with van der Waals surface area (Å²) >= 11 is 0. The molecule has 2 rings (SSSR count). The topological polar surface area (TPSA) is 43.1 Å². The molecule has 0 saturated heterocycles. The van der Waals surface area contributed by atoms with E-state index in [9.17, 15) is 4.79 Å². The van der Waals surface area contributed by atoms with E-state index >= 15 is 0 Å². The van der Waals surface area contributed by atoms with E-state index in [2.05, 4.69) is 26.0 Å². The van der Waals surface area contributed by atoms with E-state index in [1.165, 1.54) is 5.56 Å². The second-order valence-corrected chi connectivity index (χ2v) is 5.95. The Bertz CT molecular complexity index is 413. The average Bonchev–Trinajstić information content (AvgIpc) is 2.76. The first-order valence-corrected chi connectivity index (χ1v) is 6.92. The van der Waals surface area contributed by atoms with Crippen LogP contribution in [0.1, 0.15) is 67.8 Å². The third-order valence-electron chi connectivity index (χ3n) is 4.01. The van der Waals surface area contributed by atoms with Gasteiger partial charge in [0.2, 0.25) is 0 Å². The van der Waals surface area contributed by atoms with Crippen molar-refractivity contribution < 1.29 is 4.79 Å². The van der Waals surface area contributed by atoms with Crippen molar-refractivity contribution >= 4 is 5.78 Å². The van der Waals surface area contributed by atoms with Gasteiger partial charge < -0.3 is 5.73 Å². The van der Waals surface area contributed by atoms with Crippen LogP contribution in [0, 0.1) is 0 Å². The number of hydrogen-bond donors (Lipinski definition) is 1. The predicted molar refractivity (Wildman–Crippen MR) is 74.9 cm³/mol. The molecule has 1 aliphatic rings. The summed E-state index contributed by atoms with van der Waals surface area (Å²) in [6.45, 7) is 4.31.